The number of rotatable bonds is 2. The molecule has 0 bridgehead atoms. The van der Waals surface area contributed by atoms with Crippen molar-refractivity contribution in [1.82, 2.24) is 0 Å². The van der Waals surface area contributed by atoms with Crippen molar-refractivity contribution in [3.63, 3.8) is 0 Å². The molecular formula is C14H29ClO. The largest absolute Gasteiger partial charge is 0.514 e. The Hall–Kier alpha value is -0.690. The average Bonchev–Trinajstić information content (AvgIpc) is 2.37. The van der Waals surface area contributed by atoms with Crippen molar-refractivity contribution in [2.24, 2.45) is 0 Å². The first-order chi connectivity index (χ1) is 7.62. The van der Waals surface area contributed by atoms with E-state index in [-0.39, 0.29) is 0 Å². The Morgan fingerprint density at radius 3 is 1.56 bits per heavy atom. The van der Waals surface area contributed by atoms with E-state index >= 15 is 0 Å². The van der Waals surface area contributed by atoms with Crippen molar-refractivity contribution in [3.8, 4) is 0 Å². The smallest absolute Gasteiger partial charge is 0.0933 e. The Labute approximate surface area is 108 Å². The van der Waals surface area contributed by atoms with Gasteiger partial charge in [-0.1, -0.05) is 70.5 Å². The summed E-state index contributed by atoms with van der Waals surface area (Å²) in [4.78, 5) is 0. The molecule has 0 amide bonds. The first-order valence-corrected chi connectivity index (χ1v) is 6.24. The maximum Gasteiger partial charge on any atom is 0.0933 e. The van der Waals surface area contributed by atoms with Crippen molar-refractivity contribution in [2.75, 3.05) is 0 Å². The summed E-state index contributed by atoms with van der Waals surface area (Å²) in [7, 11) is 0. The van der Waals surface area contributed by atoms with Crippen molar-refractivity contribution in [2.45, 2.75) is 54.9 Å². The third-order valence-electron chi connectivity index (χ3n) is 1.22. The summed E-state index contributed by atoms with van der Waals surface area (Å²) in [5, 5.41) is 8.26. The van der Waals surface area contributed by atoms with Crippen LogP contribution < -0.4 is 0 Å². The van der Waals surface area contributed by atoms with E-state index in [1.54, 1.807) is 6.92 Å². The van der Waals surface area contributed by atoms with Gasteiger partial charge in [-0.25, -0.2) is 0 Å². The van der Waals surface area contributed by atoms with Crippen LogP contribution >= 0.6 is 11.6 Å². The van der Waals surface area contributed by atoms with Gasteiger partial charge in [0.1, 0.15) is 0 Å². The lowest BCUT2D eigenvalue weighted by Crippen LogP contribution is -1.67. The van der Waals surface area contributed by atoms with Crippen molar-refractivity contribution >= 4 is 11.6 Å². The fourth-order valence-corrected chi connectivity index (χ4v) is 0.466. The predicted octanol–water partition coefficient (Wildman–Crippen LogP) is 6.23. The van der Waals surface area contributed by atoms with E-state index in [2.05, 4.69) is 19.6 Å². The number of aliphatic hydroxyl groups is 1. The monoisotopic (exact) mass is 248 g/mol. The van der Waals surface area contributed by atoms with Crippen LogP contribution in [0.5, 0.6) is 0 Å². The molecule has 0 saturated heterocycles. The fraction of sp³-hybridized carbons (Fsp3) is 0.571. The zero-order valence-corrected chi connectivity index (χ0v) is 12.7. The summed E-state index contributed by atoms with van der Waals surface area (Å²) in [5.41, 5.74) is 1.32. The molecule has 0 aliphatic heterocycles. The molecule has 0 rings (SSSR count). The van der Waals surface area contributed by atoms with E-state index in [4.69, 9.17) is 16.7 Å². The quantitative estimate of drug-likeness (QED) is 0.454. The second kappa shape index (κ2) is 29.2. The SMILES string of the molecule is C/C(Cl)=C/O.C=C/C(=C\C)CC.CC.CC. The van der Waals surface area contributed by atoms with E-state index in [0.717, 1.165) is 12.7 Å². The molecule has 0 atom stereocenters. The highest BCUT2D eigenvalue weighted by atomic mass is 35.5. The number of aliphatic hydroxyl groups excluding tert-OH is 1. The van der Waals surface area contributed by atoms with E-state index in [0.29, 0.717) is 5.03 Å². The van der Waals surface area contributed by atoms with E-state index in [9.17, 15) is 0 Å². The lowest BCUT2D eigenvalue weighted by Gasteiger charge is -1.88. The van der Waals surface area contributed by atoms with Gasteiger partial charge < -0.3 is 5.11 Å². The van der Waals surface area contributed by atoms with Crippen LogP contribution in [0, 0.1) is 0 Å². The Bertz CT molecular complexity index is 166. The zero-order valence-electron chi connectivity index (χ0n) is 12.0. The molecule has 16 heavy (non-hydrogen) atoms. The van der Waals surface area contributed by atoms with Gasteiger partial charge in [0.15, 0.2) is 0 Å². The topological polar surface area (TPSA) is 20.2 Å². The minimum atomic E-state index is 0.407. The maximum absolute atomic E-state index is 7.85. The van der Waals surface area contributed by atoms with Crippen LogP contribution in [0.2, 0.25) is 0 Å². The third-order valence-corrected chi connectivity index (χ3v) is 1.32. The molecule has 0 unspecified atom stereocenters. The van der Waals surface area contributed by atoms with Crippen LogP contribution in [-0.2, 0) is 0 Å². The molecule has 0 radical (unpaired) electrons. The molecule has 0 aliphatic rings. The summed E-state index contributed by atoms with van der Waals surface area (Å²) < 4.78 is 0. The minimum absolute atomic E-state index is 0.407. The van der Waals surface area contributed by atoms with Crippen LogP contribution in [0.15, 0.2) is 35.6 Å². The molecule has 0 aliphatic carbocycles. The van der Waals surface area contributed by atoms with Gasteiger partial charge in [-0.15, -0.1) is 0 Å². The van der Waals surface area contributed by atoms with E-state index in [1.165, 1.54) is 5.57 Å². The number of halogens is 1. The maximum atomic E-state index is 7.85. The second-order valence-corrected chi connectivity index (χ2v) is 2.73. The lowest BCUT2D eigenvalue weighted by atomic mass is 10.2. The standard InChI is InChI=1S/C7H12.C3H5ClO.2C2H6/c1-4-7(5-2)6-3;1-3(4)2-5;2*1-2/h4-5H,1,6H2,2-3H3;2,5H,1H3;2*1-2H3/b7-5+;3-2-;;. The lowest BCUT2D eigenvalue weighted by molar-refractivity contribution is 0.471. The summed E-state index contributed by atoms with van der Waals surface area (Å²) in [6, 6.07) is 0. The van der Waals surface area contributed by atoms with Gasteiger partial charge in [-0.05, 0) is 20.3 Å². The number of hydrogen-bond donors (Lipinski definition) is 1. The van der Waals surface area contributed by atoms with Gasteiger partial charge in [0.05, 0.1) is 6.26 Å². The summed E-state index contributed by atoms with van der Waals surface area (Å²) in [6.07, 6.45) is 5.91. The third kappa shape index (κ3) is 37.7. The van der Waals surface area contributed by atoms with Crippen LogP contribution in [-0.4, -0.2) is 5.11 Å². The van der Waals surface area contributed by atoms with Gasteiger partial charge in [-0.3, -0.25) is 0 Å². The highest BCUT2D eigenvalue weighted by molar-refractivity contribution is 6.29. The molecule has 2 heteroatoms. The Morgan fingerprint density at radius 1 is 1.25 bits per heavy atom. The first kappa shape index (κ1) is 24.5. The molecule has 0 heterocycles. The molecule has 0 saturated carbocycles. The van der Waals surface area contributed by atoms with E-state index < -0.39 is 0 Å². The summed E-state index contributed by atoms with van der Waals surface area (Å²) in [5.74, 6) is 0. The van der Waals surface area contributed by atoms with Crippen molar-refractivity contribution < 1.29 is 5.11 Å². The fourth-order valence-electron chi connectivity index (χ4n) is 0.466. The van der Waals surface area contributed by atoms with Gasteiger partial charge in [-0.2, -0.15) is 0 Å². The van der Waals surface area contributed by atoms with Crippen LogP contribution in [0.1, 0.15) is 54.9 Å². The summed E-state index contributed by atoms with van der Waals surface area (Å²) >= 11 is 5.07. The zero-order chi connectivity index (χ0) is 14.0. The highest BCUT2D eigenvalue weighted by Gasteiger charge is 1.77. The highest BCUT2D eigenvalue weighted by Crippen LogP contribution is 1.98. The second-order valence-electron chi connectivity index (χ2n) is 2.14. The van der Waals surface area contributed by atoms with Crippen LogP contribution in [0.25, 0.3) is 0 Å². The minimum Gasteiger partial charge on any atom is -0.514 e. The van der Waals surface area contributed by atoms with Crippen molar-refractivity contribution in [1.29, 1.82) is 0 Å². The van der Waals surface area contributed by atoms with Gasteiger partial charge in [0.25, 0.3) is 0 Å². The van der Waals surface area contributed by atoms with Gasteiger partial charge in [0, 0.05) is 5.03 Å². The molecule has 98 valence electrons. The molecular weight excluding hydrogens is 220 g/mol. The van der Waals surface area contributed by atoms with Crippen LogP contribution in [0.4, 0.5) is 0 Å². The molecule has 0 aromatic rings. The normalized spacial score (nSPS) is 9.50. The molecule has 0 fully saturated rings. The van der Waals surface area contributed by atoms with E-state index in [1.807, 2.05) is 40.7 Å². The predicted molar refractivity (Wildman–Crippen MR) is 79.2 cm³/mol. The van der Waals surface area contributed by atoms with Gasteiger partial charge in [0.2, 0.25) is 0 Å². The Morgan fingerprint density at radius 2 is 1.56 bits per heavy atom. The molecule has 1 nitrogen and oxygen atoms in total. The molecule has 0 spiro atoms. The molecule has 0 aromatic heterocycles. The number of hydrogen-bond acceptors (Lipinski definition) is 1. The first-order valence-electron chi connectivity index (χ1n) is 5.86. The Balaban J connectivity index is -0.0000000704. The molecule has 0 aromatic carbocycles. The van der Waals surface area contributed by atoms with Gasteiger partial charge >= 0.3 is 0 Å². The summed E-state index contributed by atoms with van der Waals surface area (Å²) in [6.45, 7) is 17.4. The Kier molecular flexibility index (Phi) is 44.8. The van der Waals surface area contributed by atoms with Crippen LogP contribution in [0.3, 0.4) is 0 Å². The average molecular weight is 249 g/mol. The number of allylic oxidation sites excluding steroid dienone is 4. The van der Waals surface area contributed by atoms with Crippen molar-refractivity contribution in [3.05, 3.63) is 35.6 Å². The molecule has 1 N–H and O–H groups in total.